The molecule has 0 unspecified atom stereocenters. The average Bonchev–Trinajstić information content (AvgIpc) is 2.85. The van der Waals surface area contributed by atoms with Crippen molar-refractivity contribution in [2.75, 3.05) is 19.5 Å². The highest BCUT2D eigenvalue weighted by Crippen LogP contribution is 2.40. The van der Waals surface area contributed by atoms with E-state index in [9.17, 15) is 19.8 Å². The summed E-state index contributed by atoms with van der Waals surface area (Å²) in [4.78, 5) is 29.6. The first kappa shape index (κ1) is 24.6. The molecule has 3 N–H and O–H groups in total. The molecule has 0 radical (unpaired) electrons. The van der Waals surface area contributed by atoms with Gasteiger partial charge in [-0.25, -0.2) is 4.79 Å². The van der Waals surface area contributed by atoms with Gasteiger partial charge in [0.25, 0.3) is 0 Å². The van der Waals surface area contributed by atoms with Crippen molar-refractivity contribution in [2.45, 2.75) is 44.7 Å². The maximum absolute atomic E-state index is 12.5. The van der Waals surface area contributed by atoms with Crippen LogP contribution in [0.25, 0.3) is 22.0 Å². The second kappa shape index (κ2) is 10.00. The number of anilines is 1. The lowest BCUT2D eigenvalue weighted by molar-refractivity contribution is 0.101. The van der Waals surface area contributed by atoms with Gasteiger partial charge in [-0.05, 0) is 68.0 Å². The van der Waals surface area contributed by atoms with Gasteiger partial charge in [0, 0.05) is 30.7 Å². The molecule has 184 valence electrons. The predicted molar refractivity (Wildman–Crippen MR) is 136 cm³/mol. The van der Waals surface area contributed by atoms with Crippen LogP contribution in [0.5, 0.6) is 11.5 Å². The van der Waals surface area contributed by atoms with Gasteiger partial charge in [0.1, 0.15) is 0 Å². The Morgan fingerprint density at radius 3 is 2.49 bits per heavy atom. The van der Waals surface area contributed by atoms with E-state index in [0.29, 0.717) is 5.56 Å². The number of phenolic OH excluding ortho intramolecular Hbond substituents is 1. The molecule has 0 saturated heterocycles. The van der Waals surface area contributed by atoms with E-state index in [0.717, 1.165) is 53.4 Å². The summed E-state index contributed by atoms with van der Waals surface area (Å²) < 4.78 is 5.25. The summed E-state index contributed by atoms with van der Waals surface area (Å²) in [5.41, 5.74) is 3.53. The van der Waals surface area contributed by atoms with Gasteiger partial charge in [0.15, 0.2) is 17.3 Å². The van der Waals surface area contributed by atoms with E-state index in [1.54, 1.807) is 25.4 Å². The number of ether oxygens (including phenoxy) is 1. The van der Waals surface area contributed by atoms with Crippen LogP contribution < -0.4 is 10.1 Å². The van der Waals surface area contributed by atoms with Gasteiger partial charge in [-0.15, -0.1) is 0 Å². The molecule has 1 aliphatic rings. The van der Waals surface area contributed by atoms with Crippen LogP contribution in [-0.4, -0.2) is 58.2 Å². The highest BCUT2D eigenvalue weighted by atomic mass is 35.5. The number of fused-ring (bicyclic) bond motifs is 1. The summed E-state index contributed by atoms with van der Waals surface area (Å²) in [5, 5.41) is 23.9. The first-order chi connectivity index (χ1) is 16.7. The Morgan fingerprint density at radius 1 is 1.14 bits per heavy atom. The summed E-state index contributed by atoms with van der Waals surface area (Å²) in [6.45, 7) is 1.52. The summed E-state index contributed by atoms with van der Waals surface area (Å²) in [6.07, 6.45) is 3.74. The minimum atomic E-state index is -0.918. The van der Waals surface area contributed by atoms with E-state index in [1.807, 2.05) is 18.2 Å². The number of hydrogen-bond acceptors (Lipinski definition) is 6. The van der Waals surface area contributed by atoms with Crippen LogP contribution in [0.15, 0.2) is 36.5 Å². The van der Waals surface area contributed by atoms with Gasteiger partial charge >= 0.3 is 6.09 Å². The Balaban J connectivity index is 1.71. The van der Waals surface area contributed by atoms with Gasteiger partial charge in [0.2, 0.25) is 0 Å². The predicted octanol–water partition coefficient (Wildman–Crippen LogP) is 5.80. The Labute approximate surface area is 208 Å². The van der Waals surface area contributed by atoms with E-state index in [-0.39, 0.29) is 34.4 Å². The molecule has 1 amide bonds. The number of aromatic hydroxyl groups is 1. The van der Waals surface area contributed by atoms with Crippen molar-refractivity contribution in [1.82, 2.24) is 9.88 Å². The lowest BCUT2D eigenvalue weighted by Crippen LogP contribution is -2.41. The first-order valence-corrected chi connectivity index (χ1v) is 11.8. The van der Waals surface area contributed by atoms with Crippen molar-refractivity contribution < 1.29 is 24.5 Å². The number of benzene rings is 2. The number of phenols is 1. The van der Waals surface area contributed by atoms with Crippen molar-refractivity contribution in [3.63, 3.8) is 0 Å². The summed E-state index contributed by atoms with van der Waals surface area (Å²) >= 11 is 6.21. The number of carboxylic acid groups (broad SMARTS) is 1. The van der Waals surface area contributed by atoms with Crippen LogP contribution in [-0.2, 0) is 0 Å². The molecule has 3 aromatic rings. The molecule has 0 bridgehead atoms. The van der Waals surface area contributed by atoms with Crippen LogP contribution in [0.4, 0.5) is 10.5 Å². The van der Waals surface area contributed by atoms with Gasteiger partial charge in [-0.1, -0.05) is 17.7 Å². The number of ketones is 1. The van der Waals surface area contributed by atoms with E-state index < -0.39 is 6.09 Å². The number of rotatable bonds is 6. The number of carbonyl (C=O) groups is 2. The number of amides is 1. The zero-order valence-electron chi connectivity index (χ0n) is 19.8. The third-order valence-electron chi connectivity index (χ3n) is 6.72. The van der Waals surface area contributed by atoms with Crippen LogP contribution in [0.2, 0.25) is 5.02 Å². The molecule has 0 spiro atoms. The molecular formula is C26H28ClN3O5. The maximum atomic E-state index is 12.5. The molecule has 9 heteroatoms. The van der Waals surface area contributed by atoms with Crippen molar-refractivity contribution in [1.29, 1.82) is 0 Å². The highest BCUT2D eigenvalue weighted by Gasteiger charge is 2.27. The minimum absolute atomic E-state index is 0.00663. The van der Waals surface area contributed by atoms with Crippen LogP contribution in [0.1, 0.15) is 43.0 Å². The van der Waals surface area contributed by atoms with Crippen LogP contribution in [0, 0.1) is 0 Å². The molecule has 0 atom stereocenters. The van der Waals surface area contributed by atoms with Crippen LogP contribution >= 0.6 is 11.6 Å². The fourth-order valence-electron chi connectivity index (χ4n) is 4.66. The number of methoxy groups -OCH3 is 1. The van der Waals surface area contributed by atoms with Gasteiger partial charge in [0.05, 0.1) is 28.9 Å². The quantitative estimate of drug-likeness (QED) is 0.368. The molecule has 1 saturated carbocycles. The van der Waals surface area contributed by atoms with Crippen molar-refractivity contribution in [3.05, 3.63) is 47.1 Å². The van der Waals surface area contributed by atoms with Gasteiger partial charge < -0.3 is 25.2 Å². The molecule has 1 heterocycles. The molecule has 0 aliphatic heterocycles. The number of aromatic nitrogens is 1. The van der Waals surface area contributed by atoms with E-state index in [1.165, 1.54) is 18.9 Å². The summed E-state index contributed by atoms with van der Waals surface area (Å²) in [6, 6.07) is 9.20. The van der Waals surface area contributed by atoms with Crippen molar-refractivity contribution in [2.24, 2.45) is 0 Å². The molecule has 35 heavy (non-hydrogen) atoms. The Bertz CT molecular complexity index is 1290. The van der Waals surface area contributed by atoms with Crippen molar-refractivity contribution in [3.8, 4) is 22.6 Å². The van der Waals surface area contributed by atoms with Crippen LogP contribution in [0.3, 0.4) is 0 Å². The number of nitrogens with one attached hydrogen (secondary N) is 1. The zero-order chi connectivity index (χ0) is 25.3. The summed E-state index contributed by atoms with van der Waals surface area (Å²) in [7, 11) is 3.07. The molecule has 1 fully saturated rings. The standard InChI is InChI=1S/C26H28ClN3O5/c1-14(31)20-13-28-22-9-4-15(16-11-21(27)25(32)23(12-16)35-3)10-19(22)24(20)29-17-5-7-18(8-6-17)30(2)26(33)34/h4,9-13,17-18,32H,5-8H2,1-3H3,(H,28,29)(H,33,34). The third kappa shape index (κ3) is 4.98. The fraction of sp³-hybridized carbons (Fsp3) is 0.346. The smallest absolute Gasteiger partial charge is 0.407 e. The number of Topliss-reactive ketones (excluding diaryl/α,β-unsaturated/α-hetero) is 1. The van der Waals surface area contributed by atoms with E-state index in [4.69, 9.17) is 16.3 Å². The van der Waals surface area contributed by atoms with E-state index in [2.05, 4.69) is 10.3 Å². The molecular weight excluding hydrogens is 470 g/mol. The first-order valence-electron chi connectivity index (χ1n) is 11.4. The second-order valence-corrected chi connectivity index (χ2v) is 9.29. The Kier molecular flexibility index (Phi) is 7.03. The maximum Gasteiger partial charge on any atom is 0.407 e. The molecule has 1 aromatic heterocycles. The number of hydrogen-bond donors (Lipinski definition) is 3. The zero-order valence-corrected chi connectivity index (χ0v) is 20.6. The monoisotopic (exact) mass is 497 g/mol. The van der Waals surface area contributed by atoms with Gasteiger partial charge in [-0.2, -0.15) is 0 Å². The van der Waals surface area contributed by atoms with Crippen molar-refractivity contribution >= 4 is 40.1 Å². The lowest BCUT2D eigenvalue weighted by Gasteiger charge is -2.34. The number of carbonyl (C=O) groups excluding carboxylic acids is 1. The minimum Gasteiger partial charge on any atom is -0.503 e. The Morgan fingerprint density at radius 2 is 1.86 bits per heavy atom. The largest absolute Gasteiger partial charge is 0.503 e. The number of nitrogens with zero attached hydrogens (tertiary/aromatic N) is 2. The summed E-state index contributed by atoms with van der Waals surface area (Å²) in [5.74, 6) is 0.0522. The second-order valence-electron chi connectivity index (χ2n) is 8.89. The normalized spacial score (nSPS) is 17.7. The molecule has 8 nitrogen and oxygen atoms in total. The SMILES string of the molecule is COc1cc(-c2ccc3ncc(C(C)=O)c(NC4CCC(N(C)C(=O)O)CC4)c3c2)cc(Cl)c1O. The van der Waals surface area contributed by atoms with E-state index >= 15 is 0 Å². The molecule has 2 aromatic carbocycles. The fourth-order valence-corrected chi connectivity index (χ4v) is 4.87. The third-order valence-corrected chi connectivity index (χ3v) is 7.01. The highest BCUT2D eigenvalue weighted by molar-refractivity contribution is 6.32. The van der Waals surface area contributed by atoms with Gasteiger partial charge in [-0.3, -0.25) is 9.78 Å². The topological polar surface area (TPSA) is 112 Å². The molecule has 1 aliphatic carbocycles. The Hall–Kier alpha value is -3.52. The average molecular weight is 498 g/mol. The number of pyridine rings is 1. The lowest BCUT2D eigenvalue weighted by atomic mass is 9.89. The number of halogens is 1. The molecule has 4 rings (SSSR count).